The van der Waals surface area contributed by atoms with Crippen LogP contribution in [0.3, 0.4) is 0 Å². The van der Waals surface area contributed by atoms with Crippen LogP contribution in [0.15, 0.2) is 4.99 Å². The van der Waals surface area contributed by atoms with Crippen LogP contribution in [0, 0.1) is 11.8 Å². The number of aliphatic imine (C=N–C) groups is 1. The summed E-state index contributed by atoms with van der Waals surface area (Å²) >= 11 is 0. The van der Waals surface area contributed by atoms with Gasteiger partial charge in [0.05, 0.1) is 0 Å². The molecule has 1 amide bonds. The molecule has 0 aliphatic carbocycles. The second kappa shape index (κ2) is 8.88. The third kappa shape index (κ3) is 5.87. The molecule has 3 N–H and O–H groups in total. The summed E-state index contributed by atoms with van der Waals surface area (Å²) in [5.74, 6) is 1.88. The third-order valence-electron chi connectivity index (χ3n) is 5.71. The molecule has 25 heavy (non-hydrogen) atoms. The molecule has 0 aromatic carbocycles. The van der Waals surface area contributed by atoms with Crippen LogP contribution < -0.4 is 11.1 Å². The van der Waals surface area contributed by atoms with Crippen LogP contribution in [0.4, 0.5) is 0 Å². The van der Waals surface area contributed by atoms with Gasteiger partial charge < -0.3 is 16.0 Å². The second-order valence-electron chi connectivity index (χ2n) is 8.53. The Morgan fingerprint density at radius 2 is 1.96 bits per heavy atom. The quantitative estimate of drug-likeness (QED) is 0.583. The number of hydrogen-bond acceptors (Lipinski definition) is 3. The molecule has 0 bridgehead atoms. The molecule has 144 valence electrons. The fourth-order valence-electron chi connectivity index (χ4n) is 4.19. The van der Waals surface area contributed by atoms with Crippen LogP contribution in [0.5, 0.6) is 0 Å². The Hall–Kier alpha value is -1.30. The molecule has 2 unspecified atom stereocenters. The van der Waals surface area contributed by atoms with Crippen molar-refractivity contribution in [2.45, 2.75) is 58.4 Å². The lowest BCUT2D eigenvalue weighted by atomic mass is 9.93. The van der Waals surface area contributed by atoms with Crippen LogP contribution in [0.2, 0.25) is 0 Å². The maximum absolute atomic E-state index is 11.2. The highest BCUT2D eigenvalue weighted by molar-refractivity contribution is 5.80. The molecule has 2 atom stereocenters. The van der Waals surface area contributed by atoms with E-state index in [2.05, 4.69) is 40.9 Å². The fraction of sp³-hybridized carbons (Fsp3) is 0.895. The van der Waals surface area contributed by atoms with E-state index in [-0.39, 0.29) is 11.4 Å². The molecule has 2 rings (SSSR count). The molecule has 2 aliphatic rings. The minimum Gasteiger partial charge on any atom is -0.370 e. The first-order valence-corrected chi connectivity index (χ1v) is 9.80. The van der Waals surface area contributed by atoms with Gasteiger partial charge in [0.2, 0.25) is 5.91 Å². The Balaban J connectivity index is 1.89. The molecule has 0 spiro atoms. The number of nitrogens with zero attached hydrogens (tertiary/aromatic N) is 3. The number of likely N-dealkylation sites (tertiary alicyclic amines) is 2. The standard InChI is InChI=1S/C19H37N5O/c1-15-7-5-10-24(12-15)19(2,3)14-22-18(21-4)23-9-6-8-16(13-23)11-17(20)25/h15-16H,5-14H2,1-4H3,(H2,20,25)(H,21,22). The number of piperidine rings is 2. The molecule has 2 saturated heterocycles. The van der Waals surface area contributed by atoms with Crippen LogP contribution in [0.25, 0.3) is 0 Å². The van der Waals surface area contributed by atoms with Crippen molar-refractivity contribution in [3.05, 3.63) is 0 Å². The average molecular weight is 352 g/mol. The van der Waals surface area contributed by atoms with Crippen molar-refractivity contribution in [2.24, 2.45) is 22.6 Å². The number of nitrogens with one attached hydrogen (secondary N) is 1. The monoisotopic (exact) mass is 351 g/mol. The van der Waals surface area contributed by atoms with Crippen molar-refractivity contribution in [1.29, 1.82) is 0 Å². The Labute approximate surface area is 153 Å². The summed E-state index contributed by atoms with van der Waals surface area (Å²) in [6.45, 7) is 12.1. The summed E-state index contributed by atoms with van der Waals surface area (Å²) in [7, 11) is 1.84. The zero-order valence-corrected chi connectivity index (χ0v) is 16.6. The number of hydrogen-bond donors (Lipinski definition) is 2. The van der Waals surface area contributed by atoms with Gasteiger partial charge in [-0.15, -0.1) is 0 Å². The molecule has 2 aliphatic heterocycles. The van der Waals surface area contributed by atoms with Crippen molar-refractivity contribution >= 4 is 11.9 Å². The van der Waals surface area contributed by atoms with Gasteiger partial charge in [0, 0.05) is 45.2 Å². The number of guanidine groups is 1. The van der Waals surface area contributed by atoms with Crippen molar-refractivity contribution in [3.8, 4) is 0 Å². The maximum atomic E-state index is 11.2. The van der Waals surface area contributed by atoms with Gasteiger partial charge in [0.1, 0.15) is 0 Å². The predicted octanol–water partition coefficient (Wildman–Crippen LogP) is 1.66. The highest BCUT2D eigenvalue weighted by atomic mass is 16.1. The van der Waals surface area contributed by atoms with Gasteiger partial charge in [-0.25, -0.2) is 0 Å². The van der Waals surface area contributed by atoms with Gasteiger partial charge in [-0.1, -0.05) is 6.92 Å². The minimum absolute atomic E-state index is 0.104. The number of carbonyl (C=O) groups is 1. The van der Waals surface area contributed by atoms with Crippen LogP contribution >= 0.6 is 0 Å². The van der Waals surface area contributed by atoms with E-state index in [1.807, 2.05) is 7.05 Å². The second-order valence-corrected chi connectivity index (χ2v) is 8.53. The van der Waals surface area contributed by atoms with E-state index >= 15 is 0 Å². The van der Waals surface area contributed by atoms with Crippen molar-refractivity contribution < 1.29 is 4.79 Å². The topological polar surface area (TPSA) is 74.0 Å². The number of rotatable bonds is 5. The van der Waals surface area contributed by atoms with Gasteiger partial charge in [0.25, 0.3) is 0 Å². The molecule has 2 fully saturated rings. The highest BCUT2D eigenvalue weighted by Crippen LogP contribution is 2.24. The first kappa shape index (κ1) is 20.0. The lowest BCUT2D eigenvalue weighted by molar-refractivity contribution is -0.119. The molecule has 0 aromatic heterocycles. The number of carbonyl (C=O) groups excluding carboxylic acids is 1. The summed E-state index contributed by atoms with van der Waals surface area (Å²) in [4.78, 5) is 20.6. The van der Waals surface area contributed by atoms with E-state index in [1.165, 1.54) is 25.9 Å². The first-order valence-electron chi connectivity index (χ1n) is 9.80. The average Bonchev–Trinajstić information content (AvgIpc) is 2.55. The van der Waals surface area contributed by atoms with Gasteiger partial charge in [-0.2, -0.15) is 0 Å². The van der Waals surface area contributed by atoms with E-state index in [1.54, 1.807) is 0 Å². The van der Waals surface area contributed by atoms with Gasteiger partial charge in [-0.05, 0) is 57.9 Å². The minimum atomic E-state index is -0.199. The van der Waals surface area contributed by atoms with E-state index in [4.69, 9.17) is 5.73 Å². The van der Waals surface area contributed by atoms with Crippen molar-refractivity contribution in [2.75, 3.05) is 39.8 Å². The van der Waals surface area contributed by atoms with Crippen LogP contribution in [0.1, 0.15) is 52.9 Å². The Bertz CT molecular complexity index is 476. The Morgan fingerprint density at radius 1 is 1.24 bits per heavy atom. The molecule has 2 heterocycles. The molecule has 0 saturated carbocycles. The third-order valence-corrected chi connectivity index (χ3v) is 5.71. The van der Waals surface area contributed by atoms with Crippen LogP contribution in [-0.2, 0) is 4.79 Å². The van der Waals surface area contributed by atoms with E-state index in [9.17, 15) is 4.79 Å². The number of nitrogens with two attached hydrogens (primary N) is 1. The summed E-state index contributed by atoms with van der Waals surface area (Å²) in [6, 6.07) is 0. The van der Waals surface area contributed by atoms with Gasteiger partial charge in [0.15, 0.2) is 5.96 Å². The lowest BCUT2D eigenvalue weighted by Gasteiger charge is -2.44. The Morgan fingerprint density at radius 3 is 2.60 bits per heavy atom. The molecule has 0 radical (unpaired) electrons. The van der Waals surface area contributed by atoms with Crippen molar-refractivity contribution in [3.63, 3.8) is 0 Å². The van der Waals surface area contributed by atoms with E-state index in [0.29, 0.717) is 12.3 Å². The molecular weight excluding hydrogens is 314 g/mol. The zero-order valence-electron chi connectivity index (χ0n) is 16.6. The summed E-state index contributed by atoms with van der Waals surface area (Å²) in [5, 5.41) is 3.58. The number of primary amides is 1. The SMILES string of the molecule is CN=C(NCC(C)(C)N1CCCC(C)C1)N1CCCC(CC(N)=O)C1. The van der Waals surface area contributed by atoms with E-state index in [0.717, 1.165) is 44.4 Å². The zero-order chi connectivity index (χ0) is 18.4. The summed E-state index contributed by atoms with van der Waals surface area (Å²) in [5.41, 5.74) is 5.48. The Kier molecular flexibility index (Phi) is 7.11. The molecule has 6 nitrogen and oxygen atoms in total. The predicted molar refractivity (Wildman–Crippen MR) is 104 cm³/mol. The maximum Gasteiger partial charge on any atom is 0.217 e. The molecule has 0 aromatic rings. The van der Waals surface area contributed by atoms with Crippen molar-refractivity contribution in [1.82, 2.24) is 15.1 Å². The largest absolute Gasteiger partial charge is 0.370 e. The lowest BCUT2D eigenvalue weighted by Crippen LogP contribution is -2.57. The van der Waals surface area contributed by atoms with Gasteiger partial charge in [-0.3, -0.25) is 14.7 Å². The smallest absolute Gasteiger partial charge is 0.217 e. The molecular formula is C19H37N5O. The number of amides is 1. The van der Waals surface area contributed by atoms with Gasteiger partial charge >= 0.3 is 0 Å². The normalized spacial score (nSPS) is 26.6. The van der Waals surface area contributed by atoms with E-state index < -0.39 is 0 Å². The fourth-order valence-corrected chi connectivity index (χ4v) is 4.19. The molecule has 6 heteroatoms. The first-order chi connectivity index (χ1) is 11.8. The van der Waals surface area contributed by atoms with Crippen LogP contribution in [-0.4, -0.2) is 67.0 Å². The summed E-state index contributed by atoms with van der Waals surface area (Å²) in [6.07, 6.45) is 5.28. The highest BCUT2D eigenvalue weighted by Gasteiger charge is 2.31. The summed E-state index contributed by atoms with van der Waals surface area (Å²) < 4.78 is 0.